The number of aliphatic hydroxyl groups is 1. The zero-order chi connectivity index (χ0) is 25.9. The van der Waals surface area contributed by atoms with Gasteiger partial charge < -0.3 is 19.9 Å². The fourth-order valence-electron chi connectivity index (χ4n) is 3.64. The number of halogens is 3. The number of aryl methyl sites for hydroxylation is 1. The van der Waals surface area contributed by atoms with Crippen molar-refractivity contribution in [2.75, 3.05) is 19.5 Å². The largest absolute Gasteiger partial charge is 0.433 e. The van der Waals surface area contributed by atoms with E-state index in [-0.39, 0.29) is 5.95 Å². The van der Waals surface area contributed by atoms with Gasteiger partial charge in [0.2, 0.25) is 11.5 Å². The van der Waals surface area contributed by atoms with Crippen LogP contribution in [0.15, 0.2) is 61.1 Å². The second kappa shape index (κ2) is 10.3. The molecule has 1 aromatic carbocycles. The van der Waals surface area contributed by atoms with Crippen LogP contribution in [0.2, 0.25) is 0 Å². The Balaban J connectivity index is 1.69. The van der Waals surface area contributed by atoms with Crippen LogP contribution in [0.4, 0.5) is 24.8 Å². The Kier molecular flexibility index (Phi) is 7.31. The second-order valence-corrected chi connectivity index (χ2v) is 8.82. The summed E-state index contributed by atoms with van der Waals surface area (Å²) in [6.45, 7) is 1.85. The molecule has 4 rings (SSSR count). The van der Waals surface area contributed by atoms with E-state index >= 15 is 0 Å². The standard InChI is InChI=1S/C24H22F3N5O3S/c1-14-10-15(12-16(11-14)31-22-29-9-7-19(32-22)24(25,26)27)17-13-30-20(36-17)23(33,21(34-2)35-3)18-6-4-5-8-28-18/h4-13,21,33H,1-3H3,(H,29,31,32). The van der Waals surface area contributed by atoms with Gasteiger partial charge in [-0.25, -0.2) is 15.0 Å². The highest BCUT2D eigenvalue weighted by atomic mass is 32.1. The van der Waals surface area contributed by atoms with Gasteiger partial charge in [0.15, 0.2) is 6.29 Å². The third kappa shape index (κ3) is 5.21. The van der Waals surface area contributed by atoms with Crippen LogP contribution in [0.5, 0.6) is 0 Å². The number of hydrogen-bond acceptors (Lipinski definition) is 9. The first-order valence-corrected chi connectivity index (χ1v) is 11.4. The molecule has 188 valence electrons. The normalized spacial score (nSPS) is 13.6. The fourth-order valence-corrected chi connectivity index (χ4v) is 4.66. The van der Waals surface area contributed by atoms with Crippen molar-refractivity contribution >= 4 is 23.0 Å². The van der Waals surface area contributed by atoms with Crippen LogP contribution in [0.1, 0.15) is 22.0 Å². The molecule has 4 aromatic rings. The number of methoxy groups -OCH3 is 2. The molecule has 12 heteroatoms. The Labute approximate surface area is 208 Å². The van der Waals surface area contributed by atoms with Crippen molar-refractivity contribution in [2.45, 2.75) is 25.0 Å². The first kappa shape index (κ1) is 25.6. The van der Waals surface area contributed by atoms with Crippen LogP contribution in [-0.2, 0) is 21.3 Å². The van der Waals surface area contributed by atoms with Crippen molar-refractivity contribution in [3.8, 4) is 10.4 Å². The number of ether oxygens (including phenoxy) is 2. The minimum Gasteiger partial charge on any atom is -0.372 e. The minimum atomic E-state index is -4.58. The number of nitrogens with one attached hydrogen (secondary N) is 1. The summed E-state index contributed by atoms with van der Waals surface area (Å²) in [6.07, 6.45) is -1.48. The number of nitrogens with zero attached hydrogens (tertiary/aromatic N) is 4. The van der Waals surface area contributed by atoms with Crippen LogP contribution in [0.25, 0.3) is 10.4 Å². The molecule has 1 atom stereocenters. The molecular formula is C24H22F3N5O3S. The number of thiazole rings is 1. The van der Waals surface area contributed by atoms with E-state index in [4.69, 9.17) is 9.47 Å². The van der Waals surface area contributed by atoms with Crippen LogP contribution >= 0.6 is 11.3 Å². The van der Waals surface area contributed by atoms with Gasteiger partial charge in [-0.1, -0.05) is 12.1 Å². The molecule has 0 aliphatic heterocycles. The van der Waals surface area contributed by atoms with Crippen molar-refractivity contribution in [1.29, 1.82) is 0 Å². The van der Waals surface area contributed by atoms with Gasteiger partial charge in [0.1, 0.15) is 10.7 Å². The Morgan fingerprint density at radius 1 is 0.972 bits per heavy atom. The van der Waals surface area contributed by atoms with Gasteiger partial charge in [0.25, 0.3) is 0 Å². The van der Waals surface area contributed by atoms with E-state index in [0.717, 1.165) is 23.4 Å². The van der Waals surface area contributed by atoms with Gasteiger partial charge in [-0.15, -0.1) is 11.3 Å². The molecule has 2 N–H and O–H groups in total. The lowest BCUT2D eigenvalue weighted by atomic mass is 9.99. The van der Waals surface area contributed by atoms with Crippen LogP contribution < -0.4 is 5.32 Å². The zero-order valence-corrected chi connectivity index (χ0v) is 20.3. The van der Waals surface area contributed by atoms with Crippen molar-refractivity contribution in [1.82, 2.24) is 19.9 Å². The van der Waals surface area contributed by atoms with E-state index in [1.807, 2.05) is 13.0 Å². The van der Waals surface area contributed by atoms with Crippen molar-refractivity contribution in [2.24, 2.45) is 0 Å². The predicted molar refractivity (Wildman–Crippen MR) is 128 cm³/mol. The highest BCUT2D eigenvalue weighted by Crippen LogP contribution is 2.39. The number of alkyl halides is 3. The van der Waals surface area contributed by atoms with E-state index in [1.165, 1.54) is 25.6 Å². The molecule has 0 radical (unpaired) electrons. The SMILES string of the molecule is COC(OC)C(O)(c1ccccn1)c1ncc(-c2cc(C)cc(Nc3nccc(C(F)(F)F)n3)c2)s1. The highest BCUT2D eigenvalue weighted by molar-refractivity contribution is 7.15. The summed E-state index contributed by atoms with van der Waals surface area (Å²) in [4.78, 5) is 16.9. The lowest BCUT2D eigenvalue weighted by Gasteiger charge is -2.31. The summed E-state index contributed by atoms with van der Waals surface area (Å²) >= 11 is 1.21. The molecule has 0 saturated carbocycles. The predicted octanol–water partition coefficient (Wildman–Crippen LogP) is 4.92. The highest BCUT2D eigenvalue weighted by Gasteiger charge is 2.45. The van der Waals surface area contributed by atoms with Gasteiger partial charge >= 0.3 is 6.18 Å². The third-order valence-corrected chi connectivity index (χ3v) is 6.39. The van der Waals surface area contributed by atoms with E-state index in [0.29, 0.717) is 21.3 Å². The van der Waals surface area contributed by atoms with Gasteiger partial charge in [-0.05, 0) is 48.4 Å². The molecule has 0 aliphatic rings. The Bertz CT molecular complexity index is 1330. The molecule has 1 unspecified atom stereocenters. The molecule has 3 heterocycles. The third-order valence-electron chi connectivity index (χ3n) is 5.22. The Hall–Kier alpha value is -3.45. The number of rotatable bonds is 8. The van der Waals surface area contributed by atoms with Gasteiger partial charge in [-0.3, -0.25) is 4.98 Å². The van der Waals surface area contributed by atoms with Gasteiger partial charge in [-0.2, -0.15) is 13.2 Å². The molecule has 0 spiro atoms. The van der Waals surface area contributed by atoms with Crippen LogP contribution in [0, 0.1) is 6.92 Å². The molecular weight excluding hydrogens is 495 g/mol. The number of pyridine rings is 1. The van der Waals surface area contributed by atoms with Crippen LogP contribution in [0.3, 0.4) is 0 Å². The first-order valence-electron chi connectivity index (χ1n) is 10.6. The van der Waals surface area contributed by atoms with Crippen molar-refractivity contribution < 1.29 is 27.8 Å². The number of hydrogen-bond donors (Lipinski definition) is 2. The van der Waals surface area contributed by atoms with E-state index < -0.39 is 23.8 Å². The van der Waals surface area contributed by atoms with Crippen LogP contribution in [-0.4, -0.2) is 45.6 Å². The molecule has 8 nitrogen and oxygen atoms in total. The molecule has 36 heavy (non-hydrogen) atoms. The summed E-state index contributed by atoms with van der Waals surface area (Å²) in [5.74, 6) is -0.182. The quantitative estimate of drug-likeness (QED) is 0.318. The van der Waals surface area contributed by atoms with Gasteiger partial charge in [0.05, 0.1) is 10.6 Å². The van der Waals surface area contributed by atoms with E-state index in [9.17, 15) is 18.3 Å². The number of anilines is 2. The van der Waals surface area contributed by atoms with E-state index in [1.54, 1.807) is 42.7 Å². The van der Waals surface area contributed by atoms with Crippen molar-refractivity contribution in [3.63, 3.8) is 0 Å². The lowest BCUT2D eigenvalue weighted by Crippen LogP contribution is -2.43. The Morgan fingerprint density at radius 2 is 1.75 bits per heavy atom. The molecule has 0 saturated heterocycles. The number of aromatic nitrogens is 4. The summed E-state index contributed by atoms with van der Waals surface area (Å²) < 4.78 is 49.8. The zero-order valence-electron chi connectivity index (χ0n) is 19.4. The Morgan fingerprint density at radius 3 is 2.42 bits per heavy atom. The smallest absolute Gasteiger partial charge is 0.372 e. The first-order chi connectivity index (χ1) is 17.1. The summed E-state index contributed by atoms with van der Waals surface area (Å²) in [6, 6.07) is 11.3. The second-order valence-electron chi connectivity index (χ2n) is 7.79. The monoisotopic (exact) mass is 517 g/mol. The van der Waals surface area contributed by atoms with Gasteiger partial charge in [0, 0.05) is 38.5 Å². The summed E-state index contributed by atoms with van der Waals surface area (Å²) in [5.41, 5.74) is -0.477. The molecule has 0 bridgehead atoms. The molecule has 3 aromatic heterocycles. The average molecular weight is 518 g/mol. The maximum Gasteiger partial charge on any atom is 0.433 e. The lowest BCUT2D eigenvalue weighted by molar-refractivity contribution is -0.204. The maximum atomic E-state index is 13.0. The van der Waals surface area contributed by atoms with Crippen molar-refractivity contribution in [3.05, 3.63) is 83.0 Å². The summed E-state index contributed by atoms with van der Waals surface area (Å²) in [7, 11) is 2.82. The molecule has 0 fully saturated rings. The fraction of sp³-hybridized carbons (Fsp3) is 0.250. The van der Waals surface area contributed by atoms with E-state index in [2.05, 4.69) is 25.3 Å². The maximum absolute atomic E-state index is 13.0. The summed E-state index contributed by atoms with van der Waals surface area (Å²) in [5, 5.41) is 14.8. The molecule has 0 aliphatic carbocycles. The average Bonchev–Trinajstić information content (AvgIpc) is 3.35. The minimum absolute atomic E-state index is 0.182. The topological polar surface area (TPSA) is 102 Å². The molecule has 0 amide bonds. The number of benzene rings is 1.